The number of aryl methyl sites for hydroxylation is 1. The lowest BCUT2D eigenvalue weighted by Gasteiger charge is -2.09. The highest BCUT2D eigenvalue weighted by atomic mass is 32.2. The quantitative estimate of drug-likeness (QED) is 0.774. The molecule has 0 aliphatic rings. The van der Waals surface area contributed by atoms with Gasteiger partial charge in [-0.3, -0.25) is 4.79 Å². The SMILES string of the molecule is CNC(CSCc1occc1C)C(=O)O. The molecule has 1 aromatic heterocycles. The van der Waals surface area contributed by atoms with Crippen LogP contribution in [0.4, 0.5) is 0 Å². The molecule has 4 nitrogen and oxygen atoms in total. The number of carboxylic acid groups (broad SMARTS) is 1. The second-order valence-electron chi connectivity index (χ2n) is 3.22. The van der Waals surface area contributed by atoms with Crippen LogP contribution in [0.1, 0.15) is 11.3 Å². The Morgan fingerprint density at radius 1 is 1.73 bits per heavy atom. The van der Waals surface area contributed by atoms with Gasteiger partial charge in [-0.2, -0.15) is 11.8 Å². The summed E-state index contributed by atoms with van der Waals surface area (Å²) in [6, 6.07) is 1.41. The first-order chi connectivity index (χ1) is 7.15. The standard InChI is InChI=1S/C10H15NO3S/c1-7-3-4-14-9(7)6-15-5-8(11-2)10(12)13/h3-4,8,11H,5-6H2,1-2H3,(H,12,13). The molecular weight excluding hydrogens is 214 g/mol. The Hall–Kier alpha value is -0.940. The lowest BCUT2D eigenvalue weighted by Crippen LogP contribution is -2.36. The van der Waals surface area contributed by atoms with Crippen molar-refractivity contribution in [3.8, 4) is 0 Å². The van der Waals surface area contributed by atoms with Crippen LogP contribution in [0.5, 0.6) is 0 Å². The Labute approximate surface area is 93.0 Å². The van der Waals surface area contributed by atoms with Gasteiger partial charge in [0, 0.05) is 5.75 Å². The number of aliphatic carboxylic acids is 1. The van der Waals surface area contributed by atoms with Crippen LogP contribution >= 0.6 is 11.8 Å². The van der Waals surface area contributed by atoms with E-state index in [9.17, 15) is 4.79 Å². The summed E-state index contributed by atoms with van der Waals surface area (Å²) in [6.07, 6.45) is 1.65. The molecule has 0 aliphatic heterocycles. The molecule has 2 N–H and O–H groups in total. The van der Waals surface area contributed by atoms with E-state index in [4.69, 9.17) is 9.52 Å². The molecule has 0 aromatic carbocycles. The summed E-state index contributed by atoms with van der Waals surface area (Å²) in [7, 11) is 1.65. The van der Waals surface area contributed by atoms with E-state index in [0.29, 0.717) is 11.5 Å². The second-order valence-corrected chi connectivity index (χ2v) is 4.25. The first kappa shape index (κ1) is 12.1. The van der Waals surface area contributed by atoms with Gasteiger partial charge in [-0.1, -0.05) is 0 Å². The Morgan fingerprint density at radius 3 is 2.93 bits per heavy atom. The molecule has 0 radical (unpaired) electrons. The molecular formula is C10H15NO3S. The van der Waals surface area contributed by atoms with Crippen molar-refractivity contribution < 1.29 is 14.3 Å². The highest BCUT2D eigenvalue weighted by Gasteiger charge is 2.14. The first-order valence-corrected chi connectivity index (χ1v) is 5.81. The zero-order valence-corrected chi connectivity index (χ0v) is 9.63. The van der Waals surface area contributed by atoms with E-state index in [1.165, 1.54) is 0 Å². The molecule has 0 amide bonds. The minimum Gasteiger partial charge on any atom is -0.480 e. The summed E-state index contributed by atoms with van der Waals surface area (Å²) in [6.45, 7) is 1.98. The average molecular weight is 229 g/mol. The van der Waals surface area contributed by atoms with Gasteiger partial charge in [0.15, 0.2) is 0 Å². The van der Waals surface area contributed by atoms with Crippen LogP contribution in [0.25, 0.3) is 0 Å². The lowest BCUT2D eigenvalue weighted by molar-refractivity contribution is -0.138. The highest BCUT2D eigenvalue weighted by molar-refractivity contribution is 7.98. The average Bonchev–Trinajstić information content (AvgIpc) is 2.58. The number of furan rings is 1. The van der Waals surface area contributed by atoms with E-state index in [-0.39, 0.29) is 0 Å². The molecule has 1 unspecified atom stereocenters. The fraction of sp³-hybridized carbons (Fsp3) is 0.500. The monoisotopic (exact) mass is 229 g/mol. The van der Waals surface area contributed by atoms with E-state index < -0.39 is 12.0 Å². The van der Waals surface area contributed by atoms with Crippen molar-refractivity contribution in [1.29, 1.82) is 0 Å². The topological polar surface area (TPSA) is 62.5 Å². The first-order valence-electron chi connectivity index (χ1n) is 4.66. The van der Waals surface area contributed by atoms with Gasteiger partial charge in [0.2, 0.25) is 0 Å². The Kier molecular flexibility index (Phi) is 4.71. The largest absolute Gasteiger partial charge is 0.480 e. The third-order valence-electron chi connectivity index (χ3n) is 2.13. The summed E-state index contributed by atoms with van der Waals surface area (Å²) < 4.78 is 5.25. The van der Waals surface area contributed by atoms with Crippen molar-refractivity contribution >= 4 is 17.7 Å². The summed E-state index contributed by atoms with van der Waals surface area (Å²) in [4.78, 5) is 10.7. The molecule has 0 spiro atoms. The third kappa shape index (κ3) is 3.60. The molecule has 0 aliphatic carbocycles. The second kappa shape index (κ2) is 5.82. The van der Waals surface area contributed by atoms with Gasteiger partial charge in [0.05, 0.1) is 12.0 Å². The molecule has 0 bridgehead atoms. The summed E-state index contributed by atoms with van der Waals surface area (Å²) in [5.41, 5.74) is 1.11. The van der Waals surface area contributed by atoms with E-state index in [1.807, 2.05) is 13.0 Å². The lowest BCUT2D eigenvalue weighted by atomic mass is 10.3. The smallest absolute Gasteiger partial charge is 0.321 e. The molecule has 1 heterocycles. The number of carboxylic acids is 1. The fourth-order valence-corrected chi connectivity index (χ4v) is 2.24. The zero-order chi connectivity index (χ0) is 11.3. The van der Waals surface area contributed by atoms with E-state index in [2.05, 4.69) is 5.32 Å². The molecule has 0 saturated heterocycles. The number of likely N-dealkylation sites (N-methyl/N-ethyl adjacent to an activating group) is 1. The number of rotatable bonds is 6. The van der Waals surface area contributed by atoms with Gasteiger partial charge in [-0.05, 0) is 25.6 Å². The number of nitrogens with one attached hydrogen (secondary N) is 1. The van der Waals surface area contributed by atoms with Crippen molar-refractivity contribution in [3.05, 3.63) is 23.7 Å². The zero-order valence-electron chi connectivity index (χ0n) is 8.82. The van der Waals surface area contributed by atoms with Gasteiger partial charge in [-0.25, -0.2) is 0 Å². The minimum absolute atomic E-state index is 0.495. The van der Waals surface area contributed by atoms with E-state index >= 15 is 0 Å². The van der Waals surface area contributed by atoms with E-state index in [0.717, 1.165) is 11.3 Å². The number of hydrogen-bond acceptors (Lipinski definition) is 4. The Balaban J connectivity index is 2.33. The number of thioether (sulfide) groups is 1. The summed E-state index contributed by atoms with van der Waals surface area (Å²) in [5, 5.41) is 11.5. The fourth-order valence-electron chi connectivity index (χ4n) is 1.10. The van der Waals surface area contributed by atoms with Crippen molar-refractivity contribution in [3.63, 3.8) is 0 Å². The molecule has 0 saturated carbocycles. The third-order valence-corrected chi connectivity index (χ3v) is 3.17. The van der Waals surface area contributed by atoms with Crippen molar-refractivity contribution in [2.24, 2.45) is 0 Å². The van der Waals surface area contributed by atoms with E-state index in [1.54, 1.807) is 25.1 Å². The Morgan fingerprint density at radius 2 is 2.47 bits per heavy atom. The van der Waals surface area contributed by atoms with Crippen LogP contribution in [-0.4, -0.2) is 29.9 Å². The minimum atomic E-state index is -0.818. The predicted molar refractivity (Wildman–Crippen MR) is 60.1 cm³/mol. The van der Waals surface area contributed by atoms with Crippen LogP contribution in [0.15, 0.2) is 16.7 Å². The molecule has 1 atom stereocenters. The van der Waals surface area contributed by atoms with Gasteiger partial charge in [0.25, 0.3) is 0 Å². The maximum Gasteiger partial charge on any atom is 0.321 e. The number of hydrogen-bond donors (Lipinski definition) is 2. The summed E-state index contributed by atoms with van der Waals surface area (Å²) in [5.74, 6) is 1.34. The number of carbonyl (C=O) groups is 1. The van der Waals surface area contributed by atoms with Gasteiger partial charge < -0.3 is 14.8 Å². The van der Waals surface area contributed by atoms with Gasteiger partial charge in [0.1, 0.15) is 11.8 Å². The van der Waals surface area contributed by atoms with Crippen molar-refractivity contribution in [1.82, 2.24) is 5.32 Å². The molecule has 84 valence electrons. The highest BCUT2D eigenvalue weighted by Crippen LogP contribution is 2.17. The molecule has 0 fully saturated rings. The van der Waals surface area contributed by atoms with Crippen LogP contribution < -0.4 is 5.32 Å². The molecule has 5 heteroatoms. The molecule has 1 aromatic rings. The van der Waals surface area contributed by atoms with Crippen LogP contribution in [0.3, 0.4) is 0 Å². The molecule has 1 rings (SSSR count). The van der Waals surface area contributed by atoms with Crippen LogP contribution in [-0.2, 0) is 10.5 Å². The maximum atomic E-state index is 10.7. The van der Waals surface area contributed by atoms with Crippen molar-refractivity contribution in [2.45, 2.75) is 18.7 Å². The maximum absolute atomic E-state index is 10.7. The Bertz CT molecular complexity index is 324. The van der Waals surface area contributed by atoms with Crippen molar-refractivity contribution in [2.75, 3.05) is 12.8 Å². The normalized spacial score (nSPS) is 12.7. The van der Waals surface area contributed by atoms with Gasteiger partial charge in [-0.15, -0.1) is 0 Å². The van der Waals surface area contributed by atoms with Crippen LogP contribution in [0, 0.1) is 6.92 Å². The molecule has 15 heavy (non-hydrogen) atoms. The van der Waals surface area contributed by atoms with Gasteiger partial charge >= 0.3 is 5.97 Å². The van der Waals surface area contributed by atoms with Crippen LogP contribution in [0.2, 0.25) is 0 Å². The predicted octanol–water partition coefficient (Wildman–Crippen LogP) is 1.49. The summed E-state index contributed by atoms with van der Waals surface area (Å²) >= 11 is 1.55.